The third-order valence-corrected chi connectivity index (χ3v) is 4.96. The van der Waals surface area contributed by atoms with Crippen LogP contribution in [-0.2, 0) is 17.8 Å². The van der Waals surface area contributed by atoms with E-state index in [1.54, 1.807) is 18.3 Å². The fraction of sp³-hybridized carbons (Fsp3) is 0.154. The number of carbonyl (C=O) groups is 1. The maximum atomic E-state index is 13.0. The Morgan fingerprint density at radius 1 is 0.848 bits per heavy atom. The third kappa shape index (κ3) is 6.93. The quantitative estimate of drug-likeness (QED) is 0.339. The molecule has 0 unspecified atom stereocenters. The molecule has 0 aliphatic rings. The largest absolute Gasteiger partial charge is 0.491 e. The van der Waals surface area contributed by atoms with Crippen molar-refractivity contribution in [2.24, 2.45) is 5.73 Å². The van der Waals surface area contributed by atoms with Gasteiger partial charge < -0.3 is 15.2 Å². The highest BCUT2D eigenvalue weighted by atomic mass is 35.5. The third-order valence-electron chi connectivity index (χ3n) is 4.96. The summed E-state index contributed by atoms with van der Waals surface area (Å²) in [7, 11) is 0. The van der Waals surface area contributed by atoms with Gasteiger partial charge >= 0.3 is 5.97 Å². The summed E-state index contributed by atoms with van der Waals surface area (Å²) in [6.07, 6.45) is 2.38. The maximum Gasteiger partial charge on any atom is 0.342 e. The van der Waals surface area contributed by atoms with E-state index in [0.717, 1.165) is 11.1 Å². The second kappa shape index (κ2) is 12.8. The first kappa shape index (κ1) is 26.1. The topological polar surface area (TPSA) is 74.4 Å². The average Bonchev–Trinajstić information content (AvgIpc) is 2.82. The van der Waals surface area contributed by atoms with Crippen LogP contribution in [-0.4, -0.2) is 23.6 Å². The van der Waals surface area contributed by atoms with E-state index >= 15 is 0 Å². The molecule has 0 aliphatic heterocycles. The molecule has 0 saturated heterocycles. The molecule has 0 amide bonds. The molecule has 1 heterocycles. The van der Waals surface area contributed by atoms with Crippen molar-refractivity contribution in [2.45, 2.75) is 19.1 Å². The van der Waals surface area contributed by atoms with Crippen molar-refractivity contribution in [2.75, 3.05) is 6.61 Å². The van der Waals surface area contributed by atoms with E-state index in [4.69, 9.17) is 15.2 Å². The lowest BCUT2D eigenvalue weighted by atomic mass is 10.1. The van der Waals surface area contributed by atoms with Gasteiger partial charge in [0.25, 0.3) is 0 Å². The number of pyridine rings is 1. The Labute approximate surface area is 205 Å². The number of esters is 1. The molecule has 7 heteroatoms. The summed E-state index contributed by atoms with van der Waals surface area (Å²) < 4.78 is 11.6. The van der Waals surface area contributed by atoms with Crippen LogP contribution >= 0.6 is 24.8 Å². The summed E-state index contributed by atoms with van der Waals surface area (Å²) in [6.45, 7) is 0.461. The van der Waals surface area contributed by atoms with Gasteiger partial charge in [0.05, 0.1) is 5.52 Å². The Morgan fingerprint density at radius 3 is 2.21 bits per heavy atom. The van der Waals surface area contributed by atoms with E-state index < -0.39 is 5.97 Å². The number of rotatable bonds is 8. The molecule has 2 N–H and O–H groups in total. The van der Waals surface area contributed by atoms with Crippen LogP contribution in [0.5, 0.6) is 5.75 Å². The second-order valence-corrected chi connectivity index (χ2v) is 7.33. The number of hydrogen-bond acceptors (Lipinski definition) is 5. The van der Waals surface area contributed by atoms with Gasteiger partial charge in [-0.3, -0.25) is 4.98 Å². The Balaban J connectivity index is 0.00000193. The number of carbonyl (C=O) groups excluding carboxylic acids is 1. The molecule has 0 fully saturated rings. The van der Waals surface area contributed by atoms with Gasteiger partial charge in [-0.05, 0) is 35.7 Å². The zero-order valence-corrected chi connectivity index (χ0v) is 19.6. The summed E-state index contributed by atoms with van der Waals surface area (Å²) in [6, 6.07) is 26.6. The molecule has 172 valence electrons. The van der Waals surface area contributed by atoms with Crippen molar-refractivity contribution in [3.63, 3.8) is 0 Å². The van der Waals surface area contributed by atoms with E-state index in [2.05, 4.69) is 4.98 Å². The molecule has 0 radical (unpaired) electrons. The van der Waals surface area contributed by atoms with Gasteiger partial charge in [0, 0.05) is 17.6 Å². The molecule has 0 saturated carbocycles. The van der Waals surface area contributed by atoms with Gasteiger partial charge in [0.2, 0.25) is 0 Å². The monoisotopic (exact) mass is 484 g/mol. The minimum absolute atomic E-state index is 0. The van der Waals surface area contributed by atoms with Gasteiger partial charge in [-0.2, -0.15) is 0 Å². The molecule has 33 heavy (non-hydrogen) atoms. The van der Waals surface area contributed by atoms with Crippen LogP contribution in [0.4, 0.5) is 0 Å². The van der Waals surface area contributed by atoms with Crippen molar-refractivity contribution in [3.05, 3.63) is 108 Å². The molecule has 0 aliphatic carbocycles. The Kier molecular flexibility index (Phi) is 10.1. The predicted molar refractivity (Wildman–Crippen MR) is 135 cm³/mol. The Morgan fingerprint density at radius 2 is 1.52 bits per heavy atom. The number of aromatic nitrogens is 1. The zero-order valence-electron chi connectivity index (χ0n) is 17.9. The standard InChI is InChI=1S/C26H24N2O3.2ClH/c27-21(16-19-8-3-1-4-9-19)18-30-24-14-13-23-22(12-7-15-28-23)25(24)26(29)31-17-20-10-5-2-6-11-20;;/h1-15,21H,16-18,27H2;2*1H/t21-;;/m1../s1. The van der Waals surface area contributed by atoms with Gasteiger partial charge in [-0.1, -0.05) is 66.7 Å². The maximum absolute atomic E-state index is 13.0. The minimum Gasteiger partial charge on any atom is -0.491 e. The van der Waals surface area contributed by atoms with Crippen molar-refractivity contribution in [1.29, 1.82) is 0 Å². The lowest BCUT2D eigenvalue weighted by Crippen LogP contribution is -2.30. The molecule has 1 aromatic heterocycles. The molecular weight excluding hydrogens is 459 g/mol. The fourth-order valence-electron chi connectivity index (χ4n) is 3.43. The van der Waals surface area contributed by atoms with E-state index in [-0.39, 0.29) is 44.1 Å². The van der Waals surface area contributed by atoms with Gasteiger partial charge in [0.15, 0.2) is 0 Å². The predicted octanol–water partition coefficient (Wildman–Crippen LogP) is 5.38. The molecule has 1 atom stereocenters. The lowest BCUT2D eigenvalue weighted by Gasteiger charge is -2.17. The molecule has 4 aromatic rings. The van der Waals surface area contributed by atoms with E-state index in [9.17, 15) is 4.79 Å². The average molecular weight is 485 g/mol. The Hall–Kier alpha value is -3.12. The Bertz CT molecular complexity index is 1160. The van der Waals surface area contributed by atoms with Crippen LogP contribution in [0.15, 0.2) is 91.1 Å². The van der Waals surface area contributed by atoms with E-state index in [1.807, 2.05) is 72.8 Å². The van der Waals surface area contributed by atoms with Crippen LogP contribution in [0.25, 0.3) is 10.9 Å². The summed E-state index contributed by atoms with van der Waals surface area (Å²) >= 11 is 0. The SMILES string of the molecule is Cl.Cl.N[C@@H](COc1ccc2ncccc2c1C(=O)OCc1ccccc1)Cc1ccccc1. The van der Waals surface area contributed by atoms with Crippen molar-refractivity contribution in [1.82, 2.24) is 4.98 Å². The smallest absolute Gasteiger partial charge is 0.342 e. The first-order chi connectivity index (χ1) is 15.2. The van der Waals surface area contributed by atoms with E-state index in [0.29, 0.717) is 28.6 Å². The van der Waals surface area contributed by atoms with Crippen molar-refractivity contribution >= 4 is 41.7 Å². The normalized spacial score (nSPS) is 11.1. The number of halogens is 2. The number of fused-ring (bicyclic) bond motifs is 1. The van der Waals surface area contributed by atoms with Gasteiger partial charge in [0.1, 0.15) is 24.5 Å². The minimum atomic E-state index is -0.450. The second-order valence-electron chi connectivity index (χ2n) is 7.33. The lowest BCUT2D eigenvalue weighted by molar-refractivity contribution is 0.0470. The molecule has 4 rings (SSSR count). The van der Waals surface area contributed by atoms with Crippen LogP contribution < -0.4 is 10.5 Å². The number of hydrogen-bond donors (Lipinski definition) is 1. The highest BCUT2D eigenvalue weighted by Crippen LogP contribution is 2.28. The summed E-state index contributed by atoms with van der Waals surface area (Å²) in [4.78, 5) is 17.4. The highest BCUT2D eigenvalue weighted by Gasteiger charge is 2.20. The molecular formula is C26H26Cl2N2O3. The van der Waals surface area contributed by atoms with Crippen LogP contribution in [0, 0.1) is 0 Å². The molecule has 0 bridgehead atoms. The van der Waals surface area contributed by atoms with Gasteiger partial charge in [-0.15, -0.1) is 24.8 Å². The molecule has 3 aromatic carbocycles. The first-order valence-electron chi connectivity index (χ1n) is 10.2. The number of nitrogens with two attached hydrogens (primary N) is 1. The van der Waals surface area contributed by atoms with Crippen LogP contribution in [0.3, 0.4) is 0 Å². The highest BCUT2D eigenvalue weighted by molar-refractivity contribution is 6.06. The number of benzene rings is 3. The zero-order chi connectivity index (χ0) is 21.5. The van der Waals surface area contributed by atoms with Crippen molar-refractivity contribution < 1.29 is 14.3 Å². The summed E-state index contributed by atoms with van der Waals surface area (Å²) in [5, 5.41) is 0.690. The number of ether oxygens (including phenoxy) is 2. The van der Waals surface area contributed by atoms with Crippen LogP contribution in [0.2, 0.25) is 0 Å². The molecule has 0 spiro atoms. The summed E-state index contributed by atoms with van der Waals surface area (Å²) in [5.41, 5.74) is 9.41. The van der Waals surface area contributed by atoms with Crippen molar-refractivity contribution in [3.8, 4) is 5.75 Å². The van der Waals surface area contributed by atoms with Gasteiger partial charge in [-0.25, -0.2) is 4.79 Å². The molecule has 5 nitrogen and oxygen atoms in total. The fourth-order valence-corrected chi connectivity index (χ4v) is 3.43. The first-order valence-corrected chi connectivity index (χ1v) is 10.2. The van der Waals surface area contributed by atoms with E-state index in [1.165, 1.54) is 0 Å². The van der Waals surface area contributed by atoms with Crippen LogP contribution in [0.1, 0.15) is 21.5 Å². The summed E-state index contributed by atoms with van der Waals surface area (Å²) in [5.74, 6) is -0.00356. The number of nitrogens with zero attached hydrogens (tertiary/aromatic N) is 1.